The van der Waals surface area contributed by atoms with E-state index in [2.05, 4.69) is 9.97 Å². The quantitative estimate of drug-likeness (QED) is 0.719. The minimum atomic E-state index is 0.0808. The topological polar surface area (TPSA) is 63.9 Å². The highest BCUT2D eigenvalue weighted by molar-refractivity contribution is 5.94. The Kier molecular flexibility index (Phi) is 4.71. The summed E-state index contributed by atoms with van der Waals surface area (Å²) in [6, 6.07) is 11.4. The second-order valence-corrected chi connectivity index (χ2v) is 7.07. The van der Waals surface area contributed by atoms with Gasteiger partial charge in [0, 0.05) is 49.7 Å². The van der Waals surface area contributed by atoms with E-state index in [9.17, 15) is 4.79 Å². The molecule has 0 saturated carbocycles. The predicted octanol–water partition coefficient (Wildman–Crippen LogP) is 3.21. The van der Waals surface area contributed by atoms with E-state index >= 15 is 0 Å². The first-order valence-electron chi connectivity index (χ1n) is 9.29. The molecule has 3 heterocycles. The van der Waals surface area contributed by atoms with E-state index < -0.39 is 0 Å². The molecule has 0 unspecified atom stereocenters. The minimum Gasteiger partial charge on any atom is -0.338 e. The average molecular weight is 361 g/mol. The van der Waals surface area contributed by atoms with Crippen LogP contribution in [0.25, 0.3) is 11.5 Å². The fourth-order valence-corrected chi connectivity index (χ4v) is 3.64. The molecule has 0 N–H and O–H groups in total. The predicted molar refractivity (Wildman–Crippen MR) is 103 cm³/mol. The summed E-state index contributed by atoms with van der Waals surface area (Å²) in [6.45, 7) is 3.41. The molecule has 138 valence electrons. The molecule has 27 heavy (non-hydrogen) atoms. The van der Waals surface area contributed by atoms with Crippen LogP contribution in [-0.2, 0) is 7.05 Å². The first kappa shape index (κ1) is 17.4. The van der Waals surface area contributed by atoms with Gasteiger partial charge in [-0.15, -0.1) is 0 Å². The lowest BCUT2D eigenvalue weighted by Gasteiger charge is -2.32. The smallest absolute Gasteiger partial charge is 0.253 e. The van der Waals surface area contributed by atoms with Gasteiger partial charge >= 0.3 is 0 Å². The lowest BCUT2D eigenvalue weighted by atomic mass is 9.96. The number of amides is 1. The van der Waals surface area contributed by atoms with Crippen molar-refractivity contribution >= 4 is 5.91 Å². The Morgan fingerprint density at radius 1 is 1.19 bits per heavy atom. The zero-order valence-electron chi connectivity index (χ0n) is 15.7. The molecule has 0 aliphatic carbocycles. The Morgan fingerprint density at radius 2 is 2.00 bits per heavy atom. The van der Waals surface area contributed by atoms with E-state index in [0.717, 1.165) is 48.0 Å². The van der Waals surface area contributed by atoms with Crippen LogP contribution in [0, 0.1) is 6.92 Å². The van der Waals surface area contributed by atoms with Crippen LogP contribution < -0.4 is 0 Å². The number of rotatable bonds is 3. The highest BCUT2D eigenvalue weighted by Crippen LogP contribution is 2.27. The highest BCUT2D eigenvalue weighted by Gasteiger charge is 2.27. The number of hydrogen-bond acceptors (Lipinski definition) is 4. The van der Waals surface area contributed by atoms with Crippen molar-refractivity contribution in [2.45, 2.75) is 25.7 Å². The number of hydrogen-bond donors (Lipinski definition) is 0. The van der Waals surface area contributed by atoms with Gasteiger partial charge in [0.05, 0.1) is 0 Å². The molecule has 2 aromatic heterocycles. The summed E-state index contributed by atoms with van der Waals surface area (Å²) in [5.74, 6) is 1.86. The third-order valence-electron chi connectivity index (χ3n) is 5.02. The maximum atomic E-state index is 12.8. The van der Waals surface area contributed by atoms with Gasteiger partial charge in [0.15, 0.2) is 5.82 Å². The van der Waals surface area contributed by atoms with E-state index in [1.54, 1.807) is 6.20 Å². The number of aromatic nitrogens is 4. The van der Waals surface area contributed by atoms with Crippen LogP contribution in [0.15, 0.2) is 48.8 Å². The van der Waals surface area contributed by atoms with Crippen LogP contribution >= 0.6 is 0 Å². The van der Waals surface area contributed by atoms with E-state index in [-0.39, 0.29) is 11.8 Å². The molecular weight excluding hydrogens is 338 g/mol. The first-order valence-corrected chi connectivity index (χ1v) is 9.29. The maximum Gasteiger partial charge on any atom is 0.253 e. The Labute approximate surface area is 158 Å². The average Bonchev–Trinajstić information content (AvgIpc) is 3.14. The standard InChI is InChI=1S/C21H23N5O/c1-15-13-18(20-22-10-12-25(20)2)24-19(23-15)17-9-6-11-26(14-17)21(27)16-7-4-3-5-8-16/h3-5,7-8,10,12-13,17H,6,9,11,14H2,1-2H3/t17-/m1/s1. The van der Waals surface area contributed by atoms with Crippen molar-refractivity contribution in [1.29, 1.82) is 0 Å². The van der Waals surface area contributed by atoms with Crippen LogP contribution in [0.4, 0.5) is 0 Å². The monoisotopic (exact) mass is 361 g/mol. The highest BCUT2D eigenvalue weighted by atomic mass is 16.2. The number of likely N-dealkylation sites (tertiary alicyclic amines) is 1. The van der Waals surface area contributed by atoms with Crippen LogP contribution in [0.1, 0.15) is 40.6 Å². The number of carbonyl (C=O) groups excluding carboxylic acids is 1. The van der Waals surface area contributed by atoms with Crippen molar-refractivity contribution in [2.75, 3.05) is 13.1 Å². The summed E-state index contributed by atoms with van der Waals surface area (Å²) in [5, 5.41) is 0. The first-order chi connectivity index (χ1) is 13.1. The van der Waals surface area contributed by atoms with Gasteiger partial charge in [0.2, 0.25) is 0 Å². The molecule has 1 aliphatic heterocycles. The number of piperidine rings is 1. The number of carbonyl (C=O) groups is 1. The van der Waals surface area contributed by atoms with E-state index in [1.165, 1.54) is 0 Å². The molecule has 1 saturated heterocycles. The summed E-state index contributed by atoms with van der Waals surface area (Å²) in [6.07, 6.45) is 5.63. The van der Waals surface area contributed by atoms with Crippen molar-refractivity contribution in [3.63, 3.8) is 0 Å². The van der Waals surface area contributed by atoms with E-state index in [1.807, 2.05) is 66.0 Å². The molecule has 3 aromatic rings. The van der Waals surface area contributed by atoms with Gasteiger partial charge < -0.3 is 9.47 Å². The van der Waals surface area contributed by atoms with Gasteiger partial charge in [0.1, 0.15) is 11.5 Å². The lowest BCUT2D eigenvalue weighted by Crippen LogP contribution is -2.39. The third kappa shape index (κ3) is 3.60. The summed E-state index contributed by atoms with van der Waals surface area (Å²) < 4.78 is 1.96. The Balaban J connectivity index is 1.59. The van der Waals surface area contributed by atoms with Crippen LogP contribution in [-0.4, -0.2) is 43.4 Å². The maximum absolute atomic E-state index is 12.8. The summed E-state index contributed by atoms with van der Waals surface area (Å²) in [4.78, 5) is 28.6. The molecule has 6 nitrogen and oxygen atoms in total. The number of benzene rings is 1. The zero-order valence-corrected chi connectivity index (χ0v) is 15.7. The van der Waals surface area contributed by atoms with E-state index in [0.29, 0.717) is 6.54 Å². The van der Waals surface area contributed by atoms with Crippen LogP contribution in [0.2, 0.25) is 0 Å². The molecule has 1 aromatic carbocycles. The number of aryl methyl sites for hydroxylation is 2. The molecule has 0 radical (unpaired) electrons. The normalized spacial score (nSPS) is 17.1. The Bertz CT molecular complexity index is 950. The molecule has 0 spiro atoms. The Hall–Kier alpha value is -3.02. The molecule has 4 rings (SSSR count). The van der Waals surface area contributed by atoms with Gasteiger partial charge in [-0.05, 0) is 38.0 Å². The van der Waals surface area contributed by atoms with Crippen molar-refractivity contribution in [1.82, 2.24) is 24.4 Å². The molecule has 1 amide bonds. The van der Waals surface area contributed by atoms with Gasteiger partial charge in [-0.1, -0.05) is 18.2 Å². The summed E-state index contributed by atoms with van der Waals surface area (Å²) >= 11 is 0. The molecule has 6 heteroatoms. The van der Waals surface area contributed by atoms with Crippen molar-refractivity contribution < 1.29 is 4.79 Å². The fraction of sp³-hybridized carbons (Fsp3) is 0.333. The molecular formula is C21H23N5O. The molecule has 1 fully saturated rings. The van der Waals surface area contributed by atoms with Crippen LogP contribution in [0.5, 0.6) is 0 Å². The lowest BCUT2D eigenvalue weighted by molar-refractivity contribution is 0.0704. The molecule has 1 aliphatic rings. The second kappa shape index (κ2) is 7.31. The summed E-state index contributed by atoms with van der Waals surface area (Å²) in [7, 11) is 1.96. The fourth-order valence-electron chi connectivity index (χ4n) is 3.64. The van der Waals surface area contributed by atoms with Crippen molar-refractivity contribution in [3.05, 3.63) is 65.9 Å². The van der Waals surface area contributed by atoms with E-state index in [4.69, 9.17) is 4.98 Å². The van der Waals surface area contributed by atoms with Gasteiger partial charge in [-0.2, -0.15) is 0 Å². The number of imidazole rings is 1. The van der Waals surface area contributed by atoms with Gasteiger partial charge in [0.25, 0.3) is 5.91 Å². The minimum absolute atomic E-state index is 0.0808. The summed E-state index contributed by atoms with van der Waals surface area (Å²) in [5.41, 5.74) is 2.48. The molecule has 0 bridgehead atoms. The third-order valence-corrected chi connectivity index (χ3v) is 5.02. The second-order valence-electron chi connectivity index (χ2n) is 7.07. The van der Waals surface area contributed by atoms with Crippen molar-refractivity contribution in [2.24, 2.45) is 7.05 Å². The Morgan fingerprint density at radius 3 is 2.74 bits per heavy atom. The molecule has 1 atom stereocenters. The SMILES string of the molecule is Cc1cc(-c2nccn2C)nc([C@@H]2CCCN(C(=O)c3ccccc3)C2)n1. The van der Waals surface area contributed by atoms with Crippen molar-refractivity contribution in [3.8, 4) is 11.5 Å². The van der Waals surface area contributed by atoms with Gasteiger partial charge in [-0.3, -0.25) is 4.79 Å². The largest absolute Gasteiger partial charge is 0.338 e. The van der Waals surface area contributed by atoms with Crippen LogP contribution in [0.3, 0.4) is 0 Å². The zero-order chi connectivity index (χ0) is 18.8. The number of nitrogens with zero attached hydrogens (tertiary/aromatic N) is 5. The van der Waals surface area contributed by atoms with Gasteiger partial charge in [-0.25, -0.2) is 15.0 Å².